The molecule has 98 valence electrons. The highest BCUT2D eigenvalue weighted by atomic mass is 35.5. The van der Waals surface area contributed by atoms with Gasteiger partial charge in [0, 0.05) is 17.6 Å². The first-order chi connectivity index (χ1) is 9.10. The van der Waals surface area contributed by atoms with Crippen LogP contribution in [0.15, 0.2) is 29.3 Å². The fourth-order valence-corrected chi connectivity index (χ4v) is 1.87. The van der Waals surface area contributed by atoms with Crippen LogP contribution < -0.4 is 11.1 Å². The Morgan fingerprint density at radius 3 is 2.84 bits per heavy atom. The molecule has 1 aromatic heterocycles. The number of nitrogen functional groups attached to an aromatic ring is 1. The van der Waals surface area contributed by atoms with Crippen molar-refractivity contribution in [2.75, 3.05) is 11.1 Å². The minimum Gasteiger partial charge on any atom is -0.399 e. The number of rotatable bonds is 3. The van der Waals surface area contributed by atoms with Gasteiger partial charge in [-0.1, -0.05) is 6.07 Å². The highest BCUT2D eigenvalue weighted by Crippen LogP contribution is 2.30. The highest BCUT2D eigenvalue weighted by Gasteiger charge is 2.10. The van der Waals surface area contributed by atoms with Crippen molar-refractivity contribution >= 4 is 40.7 Å². The van der Waals surface area contributed by atoms with Crippen molar-refractivity contribution in [1.29, 1.82) is 0 Å². The number of halogens is 1. The maximum Gasteiger partial charge on any atom is 0.224 e. The predicted octanol–water partition coefficient (Wildman–Crippen LogP) is 3.49. The van der Waals surface area contributed by atoms with Crippen molar-refractivity contribution in [1.82, 2.24) is 9.97 Å². The van der Waals surface area contributed by atoms with Gasteiger partial charge in [-0.05, 0) is 43.6 Å². The molecule has 0 saturated heterocycles. The van der Waals surface area contributed by atoms with Crippen LogP contribution in [0.3, 0.4) is 0 Å². The molecule has 2 rings (SSSR count). The van der Waals surface area contributed by atoms with Gasteiger partial charge in [-0.15, -0.1) is 0 Å². The van der Waals surface area contributed by atoms with Gasteiger partial charge in [-0.3, -0.25) is 4.99 Å². The smallest absolute Gasteiger partial charge is 0.224 e. The summed E-state index contributed by atoms with van der Waals surface area (Å²) in [6.07, 6.45) is 1.68. The van der Waals surface area contributed by atoms with Crippen LogP contribution >= 0.6 is 11.6 Å². The first-order valence-corrected chi connectivity index (χ1v) is 6.13. The van der Waals surface area contributed by atoms with Crippen LogP contribution in [0.2, 0.25) is 5.28 Å². The Kier molecular flexibility index (Phi) is 3.97. The third-order valence-corrected chi connectivity index (χ3v) is 2.61. The molecule has 2 aromatic rings. The van der Waals surface area contributed by atoms with E-state index in [0.29, 0.717) is 22.9 Å². The lowest BCUT2D eigenvalue weighted by Crippen LogP contribution is -1.99. The summed E-state index contributed by atoms with van der Waals surface area (Å²) >= 11 is 5.88. The molecule has 5 nitrogen and oxygen atoms in total. The number of nitrogens with zero attached hydrogens (tertiary/aromatic N) is 3. The van der Waals surface area contributed by atoms with Crippen molar-refractivity contribution in [2.45, 2.75) is 13.8 Å². The number of hydrogen-bond donors (Lipinski definition) is 2. The minimum atomic E-state index is 0.180. The lowest BCUT2D eigenvalue weighted by atomic mass is 10.2. The Bertz CT molecular complexity index is 624. The van der Waals surface area contributed by atoms with E-state index in [1.165, 1.54) is 0 Å². The molecule has 6 heteroatoms. The molecule has 0 fully saturated rings. The zero-order valence-electron chi connectivity index (χ0n) is 10.7. The number of aliphatic imine (C=N–C) groups is 1. The maximum absolute atomic E-state index is 5.88. The molecule has 3 N–H and O–H groups in total. The summed E-state index contributed by atoms with van der Waals surface area (Å²) in [6, 6.07) is 7.37. The number of nitrogens with one attached hydrogen (secondary N) is 1. The lowest BCUT2D eigenvalue weighted by molar-refractivity contribution is 1.10. The summed E-state index contributed by atoms with van der Waals surface area (Å²) in [7, 11) is 0. The van der Waals surface area contributed by atoms with Crippen molar-refractivity contribution in [3.05, 3.63) is 35.2 Å². The average Bonchev–Trinajstić information content (AvgIpc) is 2.33. The third-order valence-electron chi connectivity index (χ3n) is 2.44. The molecule has 0 unspecified atom stereocenters. The molecule has 0 atom stereocenters. The monoisotopic (exact) mass is 275 g/mol. The van der Waals surface area contributed by atoms with Crippen LogP contribution in [0, 0.1) is 6.92 Å². The molecule has 0 aliphatic heterocycles. The van der Waals surface area contributed by atoms with Crippen molar-refractivity contribution < 1.29 is 0 Å². The predicted molar refractivity (Wildman–Crippen MR) is 79.7 cm³/mol. The topological polar surface area (TPSA) is 76.2 Å². The van der Waals surface area contributed by atoms with Crippen LogP contribution in [0.4, 0.5) is 22.9 Å². The first-order valence-electron chi connectivity index (χ1n) is 5.75. The van der Waals surface area contributed by atoms with Gasteiger partial charge in [0.2, 0.25) is 5.28 Å². The molecule has 0 bridgehead atoms. The molecular formula is C13H14ClN5. The van der Waals surface area contributed by atoms with Crippen molar-refractivity contribution in [3.63, 3.8) is 0 Å². The Labute approximate surface area is 116 Å². The minimum absolute atomic E-state index is 0.180. The van der Waals surface area contributed by atoms with Gasteiger partial charge in [0.05, 0.1) is 5.69 Å². The van der Waals surface area contributed by atoms with Crippen LogP contribution in [-0.4, -0.2) is 16.2 Å². The van der Waals surface area contributed by atoms with Crippen LogP contribution in [0.25, 0.3) is 0 Å². The number of benzene rings is 1. The fourth-order valence-electron chi connectivity index (χ4n) is 1.66. The molecule has 1 heterocycles. The Hall–Kier alpha value is -2.14. The number of aryl methyl sites for hydroxylation is 1. The second-order valence-electron chi connectivity index (χ2n) is 3.91. The van der Waals surface area contributed by atoms with Gasteiger partial charge in [-0.2, -0.15) is 4.98 Å². The van der Waals surface area contributed by atoms with Gasteiger partial charge in [0.1, 0.15) is 5.69 Å². The van der Waals surface area contributed by atoms with E-state index in [4.69, 9.17) is 17.3 Å². The maximum atomic E-state index is 5.88. The normalized spacial score (nSPS) is 10.9. The van der Waals surface area contributed by atoms with Gasteiger partial charge in [0.25, 0.3) is 0 Å². The number of aromatic nitrogens is 2. The molecule has 0 aliphatic rings. The lowest BCUT2D eigenvalue weighted by Gasteiger charge is -2.10. The average molecular weight is 276 g/mol. The summed E-state index contributed by atoms with van der Waals surface area (Å²) in [6.45, 7) is 3.67. The van der Waals surface area contributed by atoms with E-state index in [0.717, 1.165) is 5.69 Å². The number of nitrogens with two attached hydrogens (primary N) is 1. The summed E-state index contributed by atoms with van der Waals surface area (Å²) in [4.78, 5) is 12.5. The number of hydrogen-bond acceptors (Lipinski definition) is 5. The zero-order chi connectivity index (χ0) is 13.8. The summed E-state index contributed by atoms with van der Waals surface area (Å²) in [5.41, 5.74) is 8.60. The molecule has 0 radical (unpaired) electrons. The van der Waals surface area contributed by atoms with E-state index >= 15 is 0 Å². The molecule has 0 amide bonds. The van der Waals surface area contributed by atoms with Crippen LogP contribution in [0.1, 0.15) is 12.6 Å². The van der Waals surface area contributed by atoms with Gasteiger partial charge >= 0.3 is 0 Å². The van der Waals surface area contributed by atoms with Gasteiger partial charge in [0.15, 0.2) is 5.82 Å². The molecule has 0 aliphatic carbocycles. The Morgan fingerprint density at radius 2 is 2.16 bits per heavy atom. The van der Waals surface area contributed by atoms with Crippen LogP contribution in [-0.2, 0) is 0 Å². The standard InChI is InChI=1S/C13H14ClN5/c1-3-16-11-8(2)17-13(14)19-12(11)18-10-6-4-5-9(15)7-10/h3-7H,15H2,1-2H3,(H,17,18,19)/b16-3-. The quantitative estimate of drug-likeness (QED) is 0.511. The van der Waals surface area contributed by atoms with E-state index < -0.39 is 0 Å². The van der Waals surface area contributed by atoms with Crippen LogP contribution in [0.5, 0.6) is 0 Å². The Balaban J connectivity index is 2.44. The van der Waals surface area contributed by atoms with E-state index in [1.54, 1.807) is 6.21 Å². The van der Waals surface area contributed by atoms with Crippen molar-refractivity contribution in [2.24, 2.45) is 4.99 Å². The molecule has 19 heavy (non-hydrogen) atoms. The molecule has 0 saturated carbocycles. The second-order valence-corrected chi connectivity index (χ2v) is 4.25. The van der Waals surface area contributed by atoms with E-state index in [9.17, 15) is 0 Å². The molecule has 0 spiro atoms. The van der Waals surface area contributed by atoms with E-state index in [-0.39, 0.29) is 5.28 Å². The molecular weight excluding hydrogens is 262 g/mol. The zero-order valence-corrected chi connectivity index (χ0v) is 11.4. The summed E-state index contributed by atoms with van der Waals surface area (Å²) in [5, 5.41) is 3.33. The van der Waals surface area contributed by atoms with Gasteiger partial charge < -0.3 is 11.1 Å². The molecule has 1 aromatic carbocycles. The third kappa shape index (κ3) is 3.20. The summed E-state index contributed by atoms with van der Waals surface area (Å²) < 4.78 is 0. The summed E-state index contributed by atoms with van der Waals surface area (Å²) in [5.74, 6) is 0.557. The second kappa shape index (κ2) is 5.67. The van der Waals surface area contributed by atoms with Gasteiger partial charge in [-0.25, -0.2) is 4.98 Å². The van der Waals surface area contributed by atoms with E-state index in [2.05, 4.69) is 20.3 Å². The van der Waals surface area contributed by atoms with E-state index in [1.807, 2.05) is 38.1 Å². The highest BCUT2D eigenvalue weighted by molar-refractivity contribution is 6.28. The largest absolute Gasteiger partial charge is 0.399 e. The fraction of sp³-hybridized carbons (Fsp3) is 0.154. The number of anilines is 3. The SMILES string of the molecule is C/C=N\c1c(C)nc(Cl)nc1Nc1cccc(N)c1. The Morgan fingerprint density at radius 1 is 1.37 bits per heavy atom. The van der Waals surface area contributed by atoms with Crippen molar-refractivity contribution in [3.8, 4) is 0 Å². The first kappa shape index (κ1) is 13.3.